The molecule has 2 unspecified atom stereocenters. The van der Waals surface area contributed by atoms with Crippen LogP contribution in [-0.2, 0) is 0 Å². The summed E-state index contributed by atoms with van der Waals surface area (Å²) in [5.74, 6) is 3.55. The third kappa shape index (κ3) is 3.36. The SMILES string of the molecule is CCSCC(C)N1CCNC(C2CC2)C1. The molecule has 2 nitrogen and oxygen atoms in total. The van der Waals surface area contributed by atoms with Gasteiger partial charge in [-0.25, -0.2) is 0 Å². The van der Waals surface area contributed by atoms with Gasteiger partial charge >= 0.3 is 0 Å². The maximum Gasteiger partial charge on any atom is 0.0223 e. The Hall–Kier alpha value is 0.270. The molecule has 1 saturated carbocycles. The van der Waals surface area contributed by atoms with Gasteiger partial charge in [0.2, 0.25) is 0 Å². The van der Waals surface area contributed by atoms with E-state index in [2.05, 4.69) is 35.8 Å². The summed E-state index contributed by atoms with van der Waals surface area (Å²) >= 11 is 2.07. The van der Waals surface area contributed by atoms with E-state index in [-0.39, 0.29) is 0 Å². The van der Waals surface area contributed by atoms with Crippen LogP contribution in [0.3, 0.4) is 0 Å². The molecule has 0 bridgehead atoms. The van der Waals surface area contributed by atoms with Crippen LogP contribution in [0.4, 0.5) is 0 Å². The fourth-order valence-electron chi connectivity index (χ4n) is 2.41. The van der Waals surface area contributed by atoms with Crippen LogP contribution in [0.25, 0.3) is 0 Å². The number of thioether (sulfide) groups is 1. The summed E-state index contributed by atoms with van der Waals surface area (Å²) in [4.78, 5) is 2.68. The summed E-state index contributed by atoms with van der Waals surface area (Å²) in [6.45, 7) is 8.37. The Labute approximate surface area is 98.2 Å². The summed E-state index contributed by atoms with van der Waals surface area (Å²) in [5.41, 5.74) is 0. The average molecular weight is 228 g/mol. The second-order valence-electron chi connectivity index (χ2n) is 4.90. The Kier molecular flexibility index (Phi) is 4.35. The van der Waals surface area contributed by atoms with Crippen LogP contribution in [0.2, 0.25) is 0 Å². The quantitative estimate of drug-likeness (QED) is 0.772. The first kappa shape index (κ1) is 11.7. The normalized spacial score (nSPS) is 30.4. The van der Waals surface area contributed by atoms with Crippen molar-refractivity contribution in [2.45, 2.75) is 38.8 Å². The molecule has 1 aliphatic heterocycles. The molecule has 0 amide bonds. The van der Waals surface area contributed by atoms with Gasteiger partial charge < -0.3 is 5.32 Å². The van der Waals surface area contributed by atoms with Crippen LogP contribution in [-0.4, -0.2) is 48.1 Å². The molecule has 15 heavy (non-hydrogen) atoms. The van der Waals surface area contributed by atoms with Gasteiger partial charge in [-0.15, -0.1) is 0 Å². The molecule has 2 aliphatic rings. The molecule has 2 atom stereocenters. The number of rotatable bonds is 5. The first-order valence-corrected chi connectivity index (χ1v) is 7.52. The molecule has 2 rings (SSSR count). The van der Waals surface area contributed by atoms with Crippen molar-refractivity contribution < 1.29 is 0 Å². The van der Waals surface area contributed by atoms with E-state index in [1.165, 1.54) is 44.0 Å². The molecular weight excluding hydrogens is 204 g/mol. The Morgan fingerprint density at radius 3 is 2.93 bits per heavy atom. The predicted molar refractivity (Wildman–Crippen MR) is 68.5 cm³/mol. The molecule has 1 N–H and O–H groups in total. The van der Waals surface area contributed by atoms with Gasteiger partial charge in [0.05, 0.1) is 0 Å². The number of piperazine rings is 1. The van der Waals surface area contributed by atoms with Gasteiger partial charge in [-0.2, -0.15) is 11.8 Å². The highest BCUT2D eigenvalue weighted by Gasteiger charge is 2.34. The highest BCUT2D eigenvalue weighted by atomic mass is 32.2. The van der Waals surface area contributed by atoms with Crippen LogP contribution >= 0.6 is 11.8 Å². The second kappa shape index (κ2) is 5.55. The second-order valence-corrected chi connectivity index (χ2v) is 6.22. The topological polar surface area (TPSA) is 15.3 Å². The van der Waals surface area contributed by atoms with Crippen molar-refractivity contribution in [3.8, 4) is 0 Å². The van der Waals surface area contributed by atoms with E-state index in [1.807, 2.05) is 0 Å². The monoisotopic (exact) mass is 228 g/mol. The Balaban J connectivity index is 1.75. The van der Waals surface area contributed by atoms with Gasteiger partial charge in [0.15, 0.2) is 0 Å². The van der Waals surface area contributed by atoms with E-state index in [4.69, 9.17) is 0 Å². The van der Waals surface area contributed by atoms with E-state index >= 15 is 0 Å². The first-order chi connectivity index (χ1) is 7.31. The standard InChI is InChI=1S/C12H24N2S/c1-3-15-9-10(2)14-7-6-13-12(8-14)11-4-5-11/h10-13H,3-9H2,1-2H3. The fourth-order valence-corrected chi connectivity index (χ4v) is 3.20. The van der Waals surface area contributed by atoms with Crippen LogP contribution in [0.15, 0.2) is 0 Å². The number of nitrogens with zero attached hydrogens (tertiary/aromatic N) is 1. The largest absolute Gasteiger partial charge is 0.311 e. The number of nitrogens with one attached hydrogen (secondary N) is 1. The number of hydrogen-bond donors (Lipinski definition) is 1. The lowest BCUT2D eigenvalue weighted by Crippen LogP contribution is -2.54. The van der Waals surface area contributed by atoms with E-state index in [0.29, 0.717) is 0 Å². The summed E-state index contributed by atoms with van der Waals surface area (Å²) < 4.78 is 0. The molecule has 0 aromatic rings. The molecule has 1 aliphatic carbocycles. The zero-order valence-corrected chi connectivity index (χ0v) is 10.9. The van der Waals surface area contributed by atoms with Crippen molar-refractivity contribution >= 4 is 11.8 Å². The van der Waals surface area contributed by atoms with Gasteiger partial charge in [-0.3, -0.25) is 4.90 Å². The van der Waals surface area contributed by atoms with E-state index in [1.54, 1.807) is 0 Å². The summed E-state index contributed by atoms with van der Waals surface area (Å²) in [6.07, 6.45) is 2.92. The Morgan fingerprint density at radius 1 is 1.47 bits per heavy atom. The highest BCUT2D eigenvalue weighted by molar-refractivity contribution is 7.99. The smallest absolute Gasteiger partial charge is 0.0223 e. The van der Waals surface area contributed by atoms with Crippen molar-refractivity contribution in [1.29, 1.82) is 0 Å². The van der Waals surface area contributed by atoms with Gasteiger partial charge in [0.1, 0.15) is 0 Å². The minimum Gasteiger partial charge on any atom is -0.311 e. The molecule has 0 spiro atoms. The molecule has 1 saturated heterocycles. The lowest BCUT2D eigenvalue weighted by Gasteiger charge is -2.37. The predicted octanol–water partition coefficient (Wildman–Crippen LogP) is 1.81. The Bertz CT molecular complexity index is 194. The van der Waals surface area contributed by atoms with Gasteiger partial charge in [-0.1, -0.05) is 6.92 Å². The first-order valence-electron chi connectivity index (χ1n) is 6.36. The Morgan fingerprint density at radius 2 is 2.27 bits per heavy atom. The third-order valence-electron chi connectivity index (χ3n) is 3.61. The maximum absolute atomic E-state index is 3.67. The third-order valence-corrected chi connectivity index (χ3v) is 4.74. The lowest BCUT2D eigenvalue weighted by molar-refractivity contribution is 0.155. The van der Waals surface area contributed by atoms with Crippen molar-refractivity contribution in [2.24, 2.45) is 5.92 Å². The molecular formula is C12H24N2S. The maximum atomic E-state index is 3.67. The molecule has 88 valence electrons. The minimum absolute atomic E-state index is 0.762. The van der Waals surface area contributed by atoms with Crippen molar-refractivity contribution in [1.82, 2.24) is 10.2 Å². The summed E-state index contributed by atoms with van der Waals surface area (Å²) in [5, 5.41) is 3.67. The summed E-state index contributed by atoms with van der Waals surface area (Å²) in [7, 11) is 0. The molecule has 3 heteroatoms. The van der Waals surface area contributed by atoms with Crippen molar-refractivity contribution in [3.05, 3.63) is 0 Å². The van der Waals surface area contributed by atoms with Gasteiger partial charge in [0.25, 0.3) is 0 Å². The number of hydrogen-bond acceptors (Lipinski definition) is 3. The van der Waals surface area contributed by atoms with E-state index in [9.17, 15) is 0 Å². The summed E-state index contributed by atoms with van der Waals surface area (Å²) in [6, 6.07) is 1.56. The van der Waals surface area contributed by atoms with Gasteiger partial charge in [0, 0.05) is 37.5 Å². The molecule has 1 heterocycles. The van der Waals surface area contributed by atoms with E-state index in [0.717, 1.165) is 18.0 Å². The van der Waals surface area contributed by atoms with Crippen molar-refractivity contribution in [2.75, 3.05) is 31.1 Å². The molecule has 0 aromatic heterocycles. The fraction of sp³-hybridized carbons (Fsp3) is 1.00. The van der Waals surface area contributed by atoms with Crippen LogP contribution < -0.4 is 5.32 Å². The molecule has 0 radical (unpaired) electrons. The molecule has 2 fully saturated rings. The van der Waals surface area contributed by atoms with Crippen LogP contribution in [0.1, 0.15) is 26.7 Å². The van der Waals surface area contributed by atoms with E-state index < -0.39 is 0 Å². The zero-order valence-electron chi connectivity index (χ0n) is 10.0. The van der Waals surface area contributed by atoms with Gasteiger partial charge in [-0.05, 0) is 31.4 Å². The average Bonchev–Trinajstić information content (AvgIpc) is 3.10. The molecule has 0 aromatic carbocycles. The van der Waals surface area contributed by atoms with Crippen LogP contribution in [0.5, 0.6) is 0 Å². The van der Waals surface area contributed by atoms with Crippen LogP contribution in [0, 0.1) is 5.92 Å². The zero-order chi connectivity index (χ0) is 10.7. The minimum atomic E-state index is 0.762. The lowest BCUT2D eigenvalue weighted by atomic mass is 10.1. The van der Waals surface area contributed by atoms with Crippen molar-refractivity contribution in [3.63, 3.8) is 0 Å². The highest BCUT2D eigenvalue weighted by Crippen LogP contribution is 2.33.